The second-order valence-corrected chi connectivity index (χ2v) is 7.53. The van der Waals surface area contributed by atoms with Gasteiger partial charge in [0.25, 0.3) is 0 Å². The monoisotopic (exact) mass is 399 g/mol. The number of anilines is 1. The molecule has 2 aromatic carbocycles. The van der Waals surface area contributed by atoms with Crippen molar-refractivity contribution < 1.29 is 4.74 Å². The van der Waals surface area contributed by atoms with E-state index in [2.05, 4.69) is 55.5 Å². The van der Waals surface area contributed by atoms with Crippen molar-refractivity contribution in [2.75, 3.05) is 31.1 Å². The number of aromatic nitrogens is 3. The third-order valence-electron chi connectivity index (χ3n) is 5.46. The molecule has 0 aliphatic carbocycles. The molecule has 0 radical (unpaired) electrons. The van der Waals surface area contributed by atoms with Crippen molar-refractivity contribution in [3.8, 4) is 17.0 Å². The van der Waals surface area contributed by atoms with Crippen molar-refractivity contribution in [2.45, 2.75) is 13.0 Å². The molecule has 0 atom stereocenters. The Bertz CT molecular complexity index is 1100. The van der Waals surface area contributed by atoms with Crippen molar-refractivity contribution in [2.24, 2.45) is 0 Å². The molecule has 0 saturated carbocycles. The third-order valence-corrected chi connectivity index (χ3v) is 5.46. The van der Waals surface area contributed by atoms with Gasteiger partial charge in [0.15, 0.2) is 0 Å². The van der Waals surface area contributed by atoms with E-state index in [4.69, 9.17) is 4.74 Å². The van der Waals surface area contributed by atoms with Crippen molar-refractivity contribution in [3.05, 3.63) is 72.6 Å². The Hall–Kier alpha value is -3.38. The summed E-state index contributed by atoms with van der Waals surface area (Å²) in [6.45, 7) is 4.57. The summed E-state index contributed by atoms with van der Waals surface area (Å²) in [5.41, 5.74) is 4.17. The smallest absolute Gasteiger partial charge is 0.143 e. The van der Waals surface area contributed by atoms with Gasteiger partial charge < -0.3 is 19.9 Å². The molecule has 30 heavy (non-hydrogen) atoms. The highest BCUT2D eigenvalue weighted by atomic mass is 16.5. The van der Waals surface area contributed by atoms with E-state index < -0.39 is 0 Å². The largest absolute Gasteiger partial charge is 0.489 e. The topological polar surface area (TPSA) is 66.1 Å². The summed E-state index contributed by atoms with van der Waals surface area (Å²) in [4.78, 5) is 14.8. The van der Waals surface area contributed by atoms with Gasteiger partial charge in [-0.2, -0.15) is 0 Å². The van der Waals surface area contributed by atoms with E-state index in [1.54, 1.807) is 6.33 Å². The molecule has 6 heteroatoms. The maximum absolute atomic E-state index is 5.91. The molecule has 152 valence electrons. The molecule has 4 aromatic rings. The van der Waals surface area contributed by atoms with Crippen LogP contribution in [0.1, 0.15) is 12.0 Å². The number of hydrogen-bond acceptors (Lipinski definition) is 5. The predicted molar refractivity (Wildman–Crippen MR) is 120 cm³/mol. The van der Waals surface area contributed by atoms with Crippen LogP contribution < -0.4 is 15.0 Å². The van der Waals surface area contributed by atoms with Gasteiger partial charge in [-0.05, 0) is 54.4 Å². The predicted octanol–water partition coefficient (Wildman–Crippen LogP) is 4.00. The van der Waals surface area contributed by atoms with E-state index in [0.29, 0.717) is 6.61 Å². The fourth-order valence-corrected chi connectivity index (χ4v) is 3.86. The zero-order valence-electron chi connectivity index (χ0n) is 16.8. The van der Waals surface area contributed by atoms with Crippen LogP contribution in [0.15, 0.2) is 67.0 Å². The number of aromatic amines is 1. The highest BCUT2D eigenvalue weighted by Gasteiger charge is 2.16. The Morgan fingerprint density at radius 3 is 2.67 bits per heavy atom. The molecule has 2 aromatic heterocycles. The number of nitrogens with one attached hydrogen (secondary N) is 2. The lowest BCUT2D eigenvalue weighted by atomic mass is 10.1. The van der Waals surface area contributed by atoms with Crippen molar-refractivity contribution in [1.82, 2.24) is 20.3 Å². The Labute approximate surface area is 175 Å². The number of benzene rings is 2. The lowest BCUT2D eigenvalue weighted by Gasteiger charge is -2.21. The Kier molecular flexibility index (Phi) is 5.31. The summed E-state index contributed by atoms with van der Waals surface area (Å²) in [5, 5.41) is 4.52. The second kappa shape index (κ2) is 8.55. The van der Waals surface area contributed by atoms with Crippen LogP contribution in [-0.4, -0.2) is 41.1 Å². The highest BCUT2D eigenvalue weighted by molar-refractivity contribution is 5.92. The first-order valence-electron chi connectivity index (χ1n) is 10.4. The van der Waals surface area contributed by atoms with E-state index in [1.807, 2.05) is 30.3 Å². The number of ether oxygens (including phenoxy) is 1. The first kappa shape index (κ1) is 18.6. The molecule has 1 aliphatic rings. The minimum absolute atomic E-state index is 0.566. The summed E-state index contributed by atoms with van der Waals surface area (Å²) in [6.07, 6.45) is 2.77. The van der Waals surface area contributed by atoms with Crippen molar-refractivity contribution >= 4 is 16.9 Å². The van der Waals surface area contributed by atoms with Gasteiger partial charge in [0.05, 0.1) is 5.39 Å². The van der Waals surface area contributed by atoms with Crippen LogP contribution in [0.2, 0.25) is 0 Å². The summed E-state index contributed by atoms with van der Waals surface area (Å²) >= 11 is 0. The molecular weight excluding hydrogens is 374 g/mol. The number of nitrogens with zero attached hydrogens (tertiary/aromatic N) is 3. The minimum atomic E-state index is 0.566. The first-order valence-corrected chi connectivity index (χ1v) is 10.4. The van der Waals surface area contributed by atoms with Gasteiger partial charge in [0.2, 0.25) is 0 Å². The van der Waals surface area contributed by atoms with E-state index in [-0.39, 0.29) is 0 Å². The van der Waals surface area contributed by atoms with Gasteiger partial charge in [0.1, 0.15) is 30.1 Å². The van der Waals surface area contributed by atoms with Crippen LogP contribution in [0.25, 0.3) is 22.3 Å². The van der Waals surface area contributed by atoms with E-state index >= 15 is 0 Å². The SMILES string of the molecule is c1ccc(COc2ccc(-c3cc4c(N5CCCNCC5)ncnc4[nH]3)cc2)cc1. The highest BCUT2D eigenvalue weighted by Crippen LogP contribution is 2.30. The lowest BCUT2D eigenvalue weighted by molar-refractivity contribution is 0.306. The average Bonchev–Trinajstić information content (AvgIpc) is 3.06. The van der Waals surface area contributed by atoms with Gasteiger partial charge in [-0.1, -0.05) is 30.3 Å². The fourth-order valence-electron chi connectivity index (χ4n) is 3.86. The van der Waals surface area contributed by atoms with Gasteiger partial charge >= 0.3 is 0 Å². The van der Waals surface area contributed by atoms with Crippen molar-refractivity contribution in [1.29, 1.82) is 0 Å². The molecule has 0 amide bonds. The zero-order chi connectivity index (χ0) is 20.2. The molecule has 1 aliphatic heterocycles. The van der Waals surface area contributed by atoms with E-state index in [1.165, 1.54) is 0 Å². The van der Waals surface area contributed by atoms with Gasteiger partial charge in [0, 0.05) is 25.3 Å². The van der Waals surface area contributed by atoms with E-state index in [9.17, 15) is 0 Å². The van der Waals surface area contributed by atoms with Crippen LogP contribution in [0.5, 0.6) is 5.75 Å². The summed E-state index contributed by atoms with van der Waals surface area (Å²) in [6, 6.07) is 20.5. The van der Waals surface area contributed by atoms with Gasteiger partial charge in [-0.25, -0.2) is 9.97 Å². The van der Waals surface area contributed by atoms with Crippen LogP contribution >= 0.6 is 0 Å². The molecule has 1 saturated heterocycles. The minimum Gasteiger partial charge on any atom is -0.489 e. The molecule has 2 N–H and O–H groups in total. The third kappa shape index (κ3) is 4.00. The molecular formula is C24H25N5O. The standard InChI is InChI=1S/C24H25N5O/c1-2-5-18(6-3-1)16-30-20-9-7-19(8-10-20)22-15-21-23(28-22)26-17-27-24(21)29-13-4-11-25-12-14-29/h1-3,5-10,15,17,25H,4,11-14,16H2,(H,26,27,28). The average molecular weight is 399 g/mol. The summed E-state index contributed by atoms with van der Waals surface area (Å²) in [7, 11) is 0. The van der Waals surface area contributed by atoms with Gasteiger partial charge in [-0.15, -0.1) is 0 Å². The van der Waals surface area contributed by atoms with Crippen molar-refractivity contribution in [3.63, 3.8) is 0 Å². The molecule has 0 bridgehead atoms. The summed E-state index contributed by atoms with van der Waals surface area (Å²) < 4.78 is 5.91. The molecule has 0 unspecified atom stereocenters. The van der Waals surface area contributed by atoms with Crippen LogP contribution in [-0.2, 0) is 6.61 Å². The number of rotatable bonds is 5. The second-order valence-electron chi connectivity index (χ2n) is 7.53. The fraction of sp³-hybridized carbons (Fsp3) is 0.250. The van der Waals surface area contributed by atoms with Crippen LogP contribution in [0.3, 0.4) is 0 Å². The molecule has 0 spiro atoms. The molecule has 5 rings (SSSR count). The number of H-pyrrole nitrogens is 1. The maximum atomic E-state index is 5.91. The Balaban J connectivity index is 1.36. The summed E-state index contributed by atoms with van der Waals surface area (Å²) in [5.74, 6) is 1.87. The lowest BCUT2D eigenvalue weighted by Crippen LogP contribution is -2.28. The molecule has 3 heterocycles. The maximum Gasteiger partial charge on any atom is 0.143 e. The first-order chi connectivity index (χ1) is 14.9. The number of fused-ring (bicyclic) bond motifs is 1. The normalized spacial score (nSPS) is 14.6. The quantitative estimate of drug-likeness (QED) is 0.531. The zero-order valence-corrected chi connectivity index (χ0v) is 16.8. The number of hydrogen-bond donors (Lipinski definition) is 2. The Morgan fingerprint density at radius 1 is 0.933 bits per heavy atom. The van der Waals surface area contributed by atoms with Crippen LogP contribution in [0, 0.1) is 0 Å². The molecule has 6 nitrogen and oxygen atoms in total. The van der Waals surface area contributed by atoms with Crippen LogP contribution in [0.4, 0.5) is 5.82 Å². The Morgan fingerprint density at radius 2 is 1.80 bits per heavy atom. The van der Waals surface area contributed by atoms with Gasteiger partial charge in [-0.3, -0.25) is 0 Å². The van der Waals surface area contributed by atoms with E-state index in [0.717, 1.165) is 72.0 Å². The molecule has 1 fully saturated rings.